The third-order valence-corrected chi connectivity index (χ3v) is 4.00. The first kappa shape index (κ1) is 15.5. The van der Waals surface area contributed by atoms with E-state index in [9.17, 15) is 4.79 Å². The molecule has 5 heteroatoms. The van der Waals surface area contributed by atoms with Gasteiger partial charge in [-0.1, -0.05) is 30.3 Å². The number of nitrogens with one attached hydrogen (secondary N) is 1. The van der Waals surface area contributed by atoms with E-state index in [4.69, 9.17) is 4.74 Å². The number of anilines is 1. The van der Waals surface area contributed by atoms with E-state index in [1.807, 2.05) is 30.3 Å². The molecule has 0 saturated carbocycles. The number of carbonyl (C=O) groups excluding carboxylic acids is 1. The average molecular weight is 311 g/mol. The fourth-order valence-corrected chi connectivity index (χ4v) is 2.88. The number of carbonyl (C=O) groups is 1. The molecule has 1 aliphatic rings. The van der Waals surface area contributed by atoms with Crippen molar-refractivity contribution in [2.45, 2.75) is 19.1 Å². The molecule has 1 aromatic heterocycles. The van der Waals surface area contributed by atoms with Crippen LogP contribution in [0.25, 0.3) is 0 Å². The van der Waals surface area contributed by atoms with Crippen LogP contribution in [-0.4, -0.2) is 37.1 Å². The summed E-state index contributed by atoms with van der Waals surface area (Å²) in [6, 6.07) is 14.0. The highest BCUT2D eigenvalue weighted by atomic mass is 16.5. The number of morpholine rings is 1. The van der Waals surface area contributed by atoms with Crippen LogP contribution < -0.4 is 10.2 Å². The molecule has 0 unspecified atom stereocenters. The predicted molar refractivity (Wildman–Crippen MR) is 89.6 cm³/mol. The van der Waals surface area contributed by atoms with E-state index >= 15 is 0 Å². The number of ether oxygens (including phenoxy) is 1. The van der Waals surface area contributed by atoms with Crippen LogP contribution in [0, 0.1) is 0 Å². The van der Waals surface area contributed by atoms with Crippen molar-refractivity contribution in [2.75, 3.05) is 25.0 Å². The minimum absolute atomic E-state index is 0.0246. The number of hydrogen-bond donors (Lipinski definition) is 1. The highest BCUT2D eigenvalue weighted by Crippen LogP contribution is 2.28. The zero-order valence-electron chi connectivity index (χ0n) is 13.4. The molecule has 23 heavy (non-hydrogen) atoms. The minimum Gasteiger partial charge on any atom is -0.367 e. The second-order valence-electron chi connectivity index (χ2n) is 5.73. The van der Waals surface area contributed by atoms with Crippen LogP contribution in [0.4, 0.5) is 5.69 Å². The molecule has 1 amide bonds. The van der Waals surface area contributed by atoms with Crippen LogP contribution in [0.15, 0.2) is 48.7 Å². The molecular weight excluding hydrogens is 290 g/mol. The molecule has 0 spiro atoms. The molecule has 2 atom stereocenters. The molecule has 1 aliphatic heterocycles. The molecule has 3 rings (SSSR count). The smallest absolute Gasteiger partial charge is 0.269 e. The minimum atomic E-state index is -0.173. The van der Waals surface area contributed by atoms with Crippen molar-refractivity contribution in [3.05, 3.63) is 59.9 Å². The number of amides is 1. The Hall–Kier alpha value is -2.40. The molecule has 0 bridgehead atoms. The Labute approximate surface area is 136 Å². The van der Waals surface area contributed by atoms with Crippen molar-refractivity contribution in [3.63, 3.8) is 0 Å². The normalized spacial score (nSPS) is 21.0. The first-order valence-electron chi connectivity index (χ1n) is 7.81. The van der Waals surface area contributed by atoms with E-state index in [1.165, 1.54) is 5.56 Å². The molecule has 0 aliphatic carbocycles. The summed E-state index contributed by atoms with van der Waals surface area (Å²) < 4.78 is 6.09. The fourth-order valence-electron chi connectivity index (χ4n) is 2.88. The van der Waals surface area contributed by atoms with Crippen LogP contribution in [0.5, 0.6) is 0 Å². The van der Waals surface area contributed by atoms with Gasteiger partial charge in [-0.3, -0.25) is 9.78 Å². The summed E-state index contributed by atoms with van der Waals surface area (Å²) in [6.07, 6.45) is 1.82. The lowest BCUT2D eigenvalue weighted by Gasteiger charge is -2.38. The van der Waals surface area contributed by atoms with Crippen LogP contribution in [-0.2, 0) is 4.74 Å². The number of benzene rings is 1. The largest absolute Gasteiger partial charge is 0.367 e. The van der Waals surface area contributed by atoms with Crippen molar-refractivity contribution in [1.29, 1.82) is 0 Å². The lowest BCUT2D eigenvalue weighted by molar-refractivity contribution is -0.0173. The van der Waals surface area contributed by atoms with Gasteiger partial charge in [0.25, 0.3) is 5.91 Å². The maximum absolute atomic E-state index is 11.8. The molecule has 1 saturated heterocycles. The summed E-state index contributed by atoms with van der Waals surface area (Å²) >= 11 is 0. The van der Waals surface area contributed by atoms with Gasteiger partial charge in [-0.05, 0) is 24.6 Å². The van der Waals surface area contributed by atoms with Gasteiger partial charge in [0.2, 0.25) is 0 Å². The van der Waals surface area contributed by atoms with Gasteiger partial charge >= 0.3 is 0 Å². The Kier molecular flexibility index (Phi) is 4.57. The first-order valence-corrected chi connectivity index (χ1v) is 7.81. The maximum Gasteiger partial charge on any atom is 0.269 e. The Morgan fingerprint density at radius 2 is 2.04 bits per heavy atom. The fraction of sp³-hybridized carbons (Fsp3) is 0.333. The zero-order chi connectivity index (χ0) is 16.2. The molecule has 0 radical (unpaired) electrons. The van der Waals surface area contributed by atoms with Gasteiger partial charge in [-0.25, -0.2) is 0 Å². The zero-order valence-corrected chi connectivity index (χ0v) is 13.4. The van der Waals surface area contributed by atoms with Gasteiger partial charge in [-0.15, -0.1) is 0 Å². The summed E-state index contributed by atoms with van der Waals surface area (Å²) in [5.74, 6) is -0.173. The summed E-state index contributed by atoms with van der Waals surface area (Å²) in [5, 5.41) is 2.61. The second-order valence-corrected chi connectivity index (χ2v) is 5.73. The van der Waals surface area contributed by atoms with Crippen molar-refractivity contribution < 1.29 is 9.53 Å². The topological polar surface area (TPSA) is 54.5 Å². The van der Waals surface area contributed by atoms with E-state index in [2.05, 4.69) is 34.3 Å². The van der Waals surface area contributed by atoms with E-state index in [1.54, 1.807) is 13.2 Å². The van der Waals surface area contributed by atoms with Crippen LogP contribution in [0.2, 0.25) is 0 Å². The third kappa shape index (κ3) is 3.51. The Bertz CT molecular complexity index is 675. The molecule has 1 N–H and O–H groups in total. The average Bonchev–Trinajstić information content (AvgIpc) is 2.61. The highest BCUT2D eigenvalue weighted by Gasteiger charge is 2.27. The van der Waals surface area contributed by atoms with Crippen LogP contribution >= 0.6 is 0 Å². The summed E-state index contributed by atoms with van der Waals surface area (Å²) in [7, 11) is 1.61. The predicted octanol–water partition coefficient (Wildman–Crippen LogP) is 2.41. The third-order valence-electron chi connectivity index (χ3n) is 4.00. The molecule has 1 fully saturated rings. The first-order chi connectivity index (χ1) is 11.2. The van der Waals surface area contributed by atoms with Crippen molar-refractivity contribution >= 4 is 11.6 Å². The Morgan fingerprint density at radius 1 is 1.26 bits per heavy atom. The molecule has 5 nitrogen and oxygen atoms in total. The summed E-state index contributed by atoms with van der Waals surface area (Å²) in [5.41, 5.74) is 2.60. The molecule has 120 valence electrons. The Morgan fingerprint density at radius 3 is 2.78 bits per heavy atom. The van der Waals surface area contributed by atoms with Gasteiger partial charge in [-0.2, -0.15) is 0 Å². The van der Waals surface area contributed by atoms with Gasteiger partial charge in [0.1, 0.15) is 11.8 Å². The van der Waals surface area contributed by atoms with Gasteiger partial charge < -0.3 is 15.0 Å². The number of aromatic nitrogens is 1. The van der Waals surface area contributed by atoms with Gasteiger partial charge in [0.15, 0.2) is 0 Å². The highest BCUT2D eigenvalue weighted by molar-refractivity contribution is 5.92. The number of hydrogen-bond acceptors (Lipinski definition) is 4. The van der Waals surface area contributed by atoms with Gasteiger partial charge in [0, 0.05) is 32.0 Å². The van der Waals surface area contributed by atoms with Crippen molar-refractivity contribution in [3.8, 4) is 0 Å². The van der Waals surface area contributed by atoms with Crippen LogP contribution in [0.3, 0.4) is 0 Å². The number of pyridine rings is 1. The monoisotopic (exact) mass is 311 g/mol. The Balaban J connectivity index is 1.83. The molecular formula is C18H21N3O2. The molecule has 2 heterocycles. The molecule has 2 aromatic rings. The lowest BCUT2D eigenvalue weighted by Crippen LogP contribution is -2.43. The number of rotatable bonds is 3. The van der Waals surface area contributed by atoms with Crippen molar-refractivity contribution in [2.24, 2.45) is 0 Å². The second kappa shape index (κ2) is 6.79. The van der Waals surface area contributed by atoms with E-state index in [0.29, 0.717) is 5.69 Å². The summed E-state index contributed by atoms with van der Waals surface area (Å²) in [6.45, 7) is 3.62. The van der Waals surface area contributed by atoms with Gasteiger partial charge in [0.05, 0.1) is 6.10 Å². The quantitative estimate of drug-likeness (QED) is 0.946. The van der Waals surface area contributed by atoms with Crippen LogP contribution in [0.1, 0.15) is 29.1 Å². The standard InChI is InChI=1S/C18H21N3O2/c1-13-11-21(12-17(23-13)14-6-4-3-5-7-14)15-8-9-20-16(10-15)18(22)19-2/h3-10,13,17H,11-12H2,1-2H3,(H,19,22)/t13-,17-/m0/s1. The van der Waals surface area contributed by atoms with E-state index < -0.39 is 0 Å². The van der Waals surface area contributed by atoms with E-state index in [0.717, 1.165) is 18.8 Å². The van der Waals surface area contributed by atoms with E-state index in [-0.39, 0.29) is 18.1 Å². The summed E-state index contributed by atoms with van der Waals surface area (Å²) in [4.78, 5) is 18.2. The SMILES string of the molecule is CNC(=O)c1cc(N2C[C@@H](c3ccccc3)O[C@@H](C)C2)ccn1. The lowest BCUT2D eigenvalue weighted by atomic mass is 10.1. The van der Waals surface area contributed by atoms with Crippen molar-refractivity contribution in [1.82, 2.24) is 10.3 Å². The maximum atomic E-state index is 11.8. The molecule has 1 aromatic carbocycles. The number of nitrogens with zero attached hydrogens (tertiary/aromatic N) is 2.